The van der Waals surface area contributed by atoms with Crippen LogP contribution in [0.1, 0.15) is 0 Å². The number of benzene rings is 1. The topological polar surface area (TPSA) is 45.8 Å². The van der Waals surface area contributed by atoms with Crippen molar-refractivity contribution in [2.75, 3.05) is 31.2 Å². The highest BCUT2D eigenvalue weighted by Crippen LogP contribution is 2.31. The molecular weight excluding hydrogens is 206 g/mol. The van der Waals surface area contributed by atoms with E-state index in [1.54, 1.807) is 18.2 Å². The fourth-order valence-corrected chi connectivity index (χ4v) is 1.96. The van der Waals surface area contributed by atoms with Crippen LogP contribution in [0.25, 0.3) is 10.8 Å². The Morgan fingerprint density at radius 2 is 2.06 bits per heavy atom. The molecule has 1 radical (unpaired) electrons. The fraction of sp³-hybridized carbons (Fsp3) is 0.333. The molecule has 1 aromatic carbocycles. The van der Waals surface area contributed by atoms with Crippen LogP contribution in [0.3, 0.4) is 0 Å². The van der Waals surface area contributed by atoms with Crippen LogP contribution in [0.15, 0.2) is 22.6 Å². The second-order valence-electron chi connectivity index (χ2n) is 3.84. The van der Waals surface area contributed by atoms with E-state index < -0.39 is 0 Å². The van der Waals surface area contributed by atoms with E-state index in [2.05, 4.69) is 11.2 Å². The van der Waals surface area contributed by atoms with Crippen molar-refractivity contribution in [2.24, 2.45) is 0 Å². The Hall–Kier alpha value is -1.68. The molecule has 16 heavy (non-hydrogen) atoms. The first-order chi connectivity index (χ1) is 7.84. The highest BCUT2D eigenvalue weighted by molar-refractivity contribution is 5.92. The maximum absolute atomic E-state index is 9.47. The summed E-state index contributed by atoms with van der Waals surface area (Å²) in [6, 6.07) is 5.15. The minimum atomic E-state index is 0.247. The zero-order valence-electron chi connectivity index (χ0n) is 8.77. The van der Waals surface area contributed by atoms with E-state index in [9.17, 15) is 5.11 Å². The van der Waals surface area contributed by atoms with Gasteiger partial charge < -0.3 is 19.2 Å². The van der Waals surface area contributed by atoms with Crippen LogP contribution in [-0.4, -0.2) is 31.4 Å². The molecule has 0 amide bonds. The number of hydrogen-bond donors (Lipinski definition) is 1. The number of hydrogen-bond acceptors (Lipinski definition) is 4. The monoisotopic (exact) mass is 218 g/mol. The highest BCUT2D eigenvalue weighted by Gasteiger charge is 2.17. The second kappa shape index (κ2) is 3.72. The van der Waals surface area contributed by atoms with Gasteiger partial charge in [-0.25, -0.2) is 0 Å². The molecule has 0 atom stereocenters. The third kappa shape index (κ3) is 1.51. The maximum Gasteiger partial charge on any atom is 0.204 e. The molecule has 3 rings (SSSR count). The van der Waals surface area contributed by atoms with Gasteiger partial charge in [0.25, 0.3) is 0 Å². The highest BCUT2D eigenvalue weighted by atomic mass is 16.5. The predicted molar refractivity (Wildman–Crippen MR) is 59.7 cm³/mol. The van der Waals surface area contributed by atoms with Gasteiger partial charge in [0.1, 0.15) is 5.75 Å². The lowest BCUT2D eigenvalue weighted by molar-refractivity contribution is 0.121. The van der Waals surface area contributed by atoms with Crippen molar-refractivity contribution in [3.05, 3.63) is 24.5 Å². The summed E-state index contributed by atoms with van der Waals surface area (Å²) in [6.07, 6.45) is 2.84. The average molecular weight is 218 g/mol. The van der Waals surface area contributed by atoms with Gasteiger partial charge in [-0.05, 0) is 18.2 Å². The first-order valence-corrected chi connectivity index (χ1v) is 5.30. The Bertz CT molecular complexity index is 500. The zero-order valence-corrected chi connectivity index (χ0v) is 8.77. The number of fused-ring (bicyclic) bond motifs is 1. The van der Waals surface area contributed by atoms with Gasteiger partial charge >= 0.3 is 0 Å². The van der Waals surface area contributed by atoms with Crippen LogP contribution in [0.2, 0.25) is 0 Å². The van der Waals surface area contributed by atoms with Gasteiger partial charge in [0.2, 0.25) is 5.88 Å². The molecule has 1 fully saturated rings. The summed E-state index contributed by atoms with van der Waals surface area (Å²) >= 11 is 0. The number of ether oxygens (including phenoxy) is 1. The molecule has 83 valence electrons. The van der Waals surface area contributed by atoms with Gasteiger partial charge in [-0.2, -0.15) is 0 Å². The third-order valence-corrected chi connectivity index (χ3v) is 2.79. The Balaban J connectivity index is 2.05. The molecule has 1 aliphatic heterocycles. The smallest absolute Gasteiger partial charge is 0.204 e. The summed E-state index contributed by atoms with van der Waals surface area (Å²) in [5, 5.41) is 11.3. The van der Waals surface area contributed by atoms with Crippen molar-refractivity contribution in [2.45, 2.75) is 0 Å². The third-order valence-electron chi connectivity index (χ3n) is 2.79. The van der Waals surface area contributed by atoms with E-state index in [0.717, 1.165) is 29.7 Å². The number of furan rings is 1. The first kappa shape index (κ1) is 9.54. The largest absolute Gasteiger partial charge is 0.508 e. The molecule has 2 aromatic rings. The predicted octanol–water partition coefficient (Wildman–Crippen LogP) is 1.78. The lowest BCUT2D eigenvalue weighted by Gasteiger charge is -2.26. The second-order valence-corrected chi connectivity index (χ2v) is 3.84. The van der Waals surface area contributed by atoms with E-state index in [1.807, 2.05) is 0 Å². The SMILES string of the molecule is Oc1ccc2[c]oc(N3CCOCC3)c2c1. The molecule has 1 aromatic heterocycles. The quantitative estimate of drug-likeness (QED) is 0.792. The van der Waals surface area contributed by atoms with Crippen LogP contribution in [0, 0.1) is 6.26 Å². The number of anilines is 1. The molecule has 1 N–H and O–H groups in total. The Morgan fingerprint density at radius 1 is 1.25 bits per heavy atom. The number of aromatic hydroxyl groups is 1. The standard InChI is InChI=1S/C12H12NO3/c14-10-2-1-9-8-16-12(11(9)7-10)13-3-5-15-6-4-13/h1-2,7,14H,3-6H2. The van der Waals surface area contributed by atoms with Crippen molar-refractivity contribution in [3.63, 3.8) is 0 Å². The number of phenols is 1. The van der Waals surface area contributed by atoms with Crippen LogP contribution in [0.4, 0.5) is 5.88 Å². The lowest BCUT2D eigenvalue weighted by Crippen LogP contribution is -2.36. The van der Waals surface area contributed by atoms with E-state index in [-0.39, 0.29) is 5.75 Å². The van der Waals surface area contributed by atoms with Crippen molar-refractivity contribution < 1.29 is 14.3 Å². The van der Waals surface area contributed by atoms with Crippen molar-refractivity contribution >= 4 is 16.7 Å². The van der Waals surface area contributed by atoms with Gasteiger partial charge in [-0.1, -0.05) is 0 Å². The molecule has 0 bridgehead atoms. The van der Waals surface area contributed by atoms with Crippen LogP contribution in [-0.2, 0) is 4.74 Å². The zero-order chi connectivity index (χ0) is 11.0. The number of morpholine rings is 1. The summed E-state index contributed by atoms with van der Waals surface area (Å²) in [6.45, 7) is 3.04. The van der Waals surface area contributed by atoms with E-state index in [0.29, 0.717) is 13.2 Å². The summed E-state index contributed by atoms with van der Waals surface area (Å²) in [5.74, 6) is 1.02. The number of phenolic OH excluding ortho intramolecular Hbond substituents is 1. The Kier molecular flexibility index (Phi) is 2.22. The molecular formula is C12H12NO3. The summed E-state index contributed by atoms with van der Waals surface area (Å²) in [5.41, 5.74) is 0. The van der Waals surface area contributed by atoms with Gasteiger partial charge in [0.15, 0.2) is 6.26 Å². The number of nitrogens with zero attached hydrogens (tertiary/aromatic N) is 1. The van der Waals surface area contributed by atoms with Crippen LogP contribution < -0.4 is 4.90 Å². The number of rotatable bonds is 1. The van der Waals surface area contributed by atoms with Gasteiger partial charge in [0, 0.05) is 23.9 Å². The summed E-state index contributed by atoms with van der Waals surface area (Å²) in [4.78, 5) is 2.11. The average Bonchev–Trinajstić information content (AvgIpc) is 2.73. The Labute approximate surface area is 93.0 Å². The molecule has 4 heteroatoms. The van der Waals surface area contributed by atoms with Crippen LogP contribution in [0.5, 0.6) is 5.75 Å². The molecule has 4 nitrogen and oxygen atoms in total. The maximum atomic E-state index is 9.47. The Morgan fingerprint density at radius 3 is 2.88 bits per heavy atom. The molecule has 2 heterocycles. The van der Waals surface area contributed by atoms with Gasteiger partial charge in [0.05, 0.1) is 13.2 Å². The minimum absolute atomic E-state index is 0.247. The van der Waals surface area contributed by atoms with E-state index in [1.165, 1.54) is 0 Å². The van der Waals surface area contributed by atoms with Crippen molar-refractivity contribution in [3.8, 4) is 5.75 Å². The van der Waals surface area contributed by atoms with E-state index in [4.69, 9.17) is 9.15 Å². The molecule has 0 unspecified atom stereocenters. The molecule has 0 spiro atoms. The van der Waals surface area contributed by atoms with Gasteiger partial charge in [-0.15, -0.1) is 0 Å². The normalized spacial score (nSPS) is 16.9. The first-order valence-electron chi connectivity index (χ1n) is 5.30. The van der Waals surface area contributed by atoms with Crippen molar-refractivity contribution in [1.82, 2.24) is 0 Å². The van der Waals surface area contributed by atoms with Crippen LogP contribution >= 0.6 is 0 Å². The van der Waals surface area contributed by atoms with Gasteiger partial charge in [-0.3, -0.25) is 0 Å². The molecule has 1 saturated heterocycles. The molecule has 1 aliphatic rings. The van der Waals surface area contributed by atoms with Crippen molar-refractivity contribution in [1.29, 1.82) is 0 Å². The fourth-order valence-electron chi connectivity index (χ4n) is 1.96. The lowest BCUT2D eigenvalue weighted by atomic mass is 10.2. The molecule has 0 saturated carbocycles. The molecule has 0 aliphatic carbocycles. The van der Waals surface area contributed by atoms with E-state index >= 15 is 0 Å². The minimum Gasteiger partial charge on any atom is -0.508 e. The summed E-state index contributed by atoms with van der Waals surface area (Å²) < 4.78 is 10.7. The summed E-state index contributed by atoms with van der Waals surface area (Å²) in [7, 11) is 0.